The van der Waals surface area contributed by atoms with Gasteiger partial charge in [0.1, 0.15) is 0 Å². The first-order valence-corrected chi connectivity index (χ1v) is 5.77. The van der Waals surface area contributed by atoms with Gasteiger partial charge in [-0.15, -0.1) is 0 Å². The summed E-state index contributed by atoms with van der Waals surface area (Å²) in [5.41, 5.74) is 0. The lowest BCUT2D eigenvalue weighted by molar-refractivity contribution is 0.176. The first-order chi connectivity index (χ1) is 6.40. The van der Waals surface area contributed by atoms with Crippen molar-refractivity contribution in [1.82, 2.24) is 10.2 Å². The van der Waals surface area contributed by atoms with Crippen LogP contribution in [-0.2, 0) is 0 Å². The van der Waals surface area contributed by atoms with Gasteiger partial charge in [-0.25, -0.2) is 0 Å². The maximum atomic E-state index is 3.38. The summed E-state index contributed by atoms with van der Waals surface area (Å²) in [6.07, 6.45) is 0. The monoisotopic (exact) mass is 200 g/mol. The number of hydrogen-bond donors (Lipinski definition) is 1. The molecule has 0 aromatic carbocycles. The Kier molecular flexibility index (Phi) is 6.38. The molecule has 0 saturated carbocycles. The second-order valence-electron chi connectivity index (χ2n) is 5.06. The van der Waals surface area contributed by atoms with Crippen molar-refractivity contribution in [2.75, 3.05) is 20.6 Å². The van der Waals surface area contributed by atoms with E-state index in [1.807, 2.05) is 0 Å². The first-order valence-electron chi connectivity index (χ1n) is 5.77. The molecule has 1 N–H and O–H groups in total. The van der Waals surface area contributed by atoms with Crippen molar-refractivity contribution in [1.29, 1.82) is 0 Å². The highest BCUT2D eigenvalue weighted by Gasteiger charge is 2.18. The molecule has 2 unspecified atom stereocenters. The highest BCUT2D eigenvalue weighted by Crippen LogP contribution is 2.10. The summed E-state index contributed by atoms with van der Waals surface area (Å²) in [4.78, 5) is 2.45. The minimum absolute atomic E-state index is 0.598. The van der Waals surface area contributed by atoms with Gasteiger partial charge in [0.2, 0.25) is 0 Å². The zero-order chi connectivity index (χ0) is 11.3. The maximum Gasteiger partial charge on any atom is 0.0214 e. The van der Waals surface area contributed by atoms with Crippen LogP contribution in [0.4, 0.5) is 0 Å². The Labute approximate surface area is 90.1 Å². The Hall–Kier alpha value is -0.0800. The van der Waals surface area contributed by atoms with Crippen LogP contribution in [0.3, 0.4) is 0 Å². The van der Waals surface area contributed by atoms with Crippen LogP contribution in [0, 0.1) is 11.8 Å². The fourth-order valence-electron chi connectivity index (χ4n) is 1.62. The summed E-state index contributed by atoms with van der Waals surface area (Å²) in [5, 5.41) is 3.38. The molecular weight excluding hydrogens is 172 g/mol. The van der Waals surface area contributed by atoms with Crippen LogP contribution in [0.15, 0.2) is 0 Å². The molecule has 2 heteroatoms. The van der Waals surface area contributed by atoms with Crippen LogP contribution in [-0.4, -0.2) is 37.6 Å². The molecule has 0 aliphatic heterocycles. The maximum absolute atomic E-state index is 3.38. The van der Waals surface area contributed by atoms with Gasteiger partial charge < -0.3 is 10.2 Å². The van der Waals surface area contributed by atoms with Gasteiger partial charge >= 0.3 is 0 Å². The quantitative estimate of drug-likeness (QED) is 0.707. The van der Waals surface area contributed by atoms with Gasteiger partial charge in [-0.1, -0.05) is 27.7 Å². The van der Waals surface area contributed by atoms with Gasteiger partial charge in [-0.2, -0.15) is 0 Å². The molecule has 0 heterocycles. The number of nitrogens with zero attached hydrogens (tertiary/aromatic N) is 1. The number of likely N-dealkylation sites (N-methyl/N-ethyl adjacent to an activating group) is 2. The van der Waals surface area contributed by atoms with Crippen LogP contribution in [0.5, 0.6) is 0 Å². The van der Waals surface area contributed by atoms with Crippen LogP contribution in [0.25, 0.3) is 0 Å². The Morgan fingerprint density at radius 3 is 1.79 bits per heavy atom. The lowest BCUT2D eigenvalue weighted by Crippen LogP contribution is -2.45. The number of hydrogen-bond acceptors (Lipinski definition) is 2. The Morgan fingerprint density at radius 1 is 1.00 bits per heavy atom. The summed E-state index contributed by atoms with van der Waals surface area (Å²) in [6.45, 7) is 12.5. The Morgan fingerprint density at radius 2 is 1.50 bits per heavy atom. The van der Waals surface area contributed by atoms with Crippen molar-refractivity contribution in [3.8, 4) is 0 Å². The minimum Gasteiger partial charge on any atom is -0.315 e. The summed E-state index contributed by atoms with van der Waals surface area (Å²) in [6, 6.07) is 1.26. The van der Waals surface area contributed by atoms with Gasteiger partial charge in [-0.05, 0) is 32.9 Å². The molecule has 0 spiro atoms. The molecule has 2 nitrogen and oxygen atoms in total. The minimum atomic E-state index is 0.598. The zero-order valence-corrected chi connectivity index (χ0v) is 11.0. The second-order valence-corrected chi connectivity index (χ2v) is 5.06. The average molecular weight is 200 g/mol. The van der Waals surface area contributed by atoms with Crippen LogP contribution < -0.4 is 5.32 Å². The average Bonchev–Trinajstić information content (AvgIpc) is 2.11. The molecule has 0 radical (unpaired) electrons. The molecule has 86 valence electrons. The topological polar surface area (TPSA) is 15.3 Å². The standard InChI is InChI=1S/C12H28N2/c1-9(2)11(5)14(7)8-12(13-6)10(3)4/h9-13H,8H2,1-7H3. The van der Waals surface area contributed by atoms with Gasteiger partial charge in [0.15, 0.2) is 0 Å². The van der Waals surface area contributed by atoms with Crippen molar-refractivity contribution in [3.05, 3.63) is 0 Å². The third-order valence-electron chi connectivity index (χ3n) is 3.32. The van der Waals surface area contributed by atoms with E-state index in [2.05, 4.69) is 58.9 Å². The van der Waals surface area contributed by atoms with E-state index in [0.29, 0.717) is 18.0 Å². The lowest BCUT2D eigenvalue weighted by atomic mass is 10.0. The smallest absolute Gasteiger partial charge is 0.0214 e. The third kappa shape index (κ3) is 4.43. The van der Waals surface area contributed by atoms with Crippen molar-refractivity contribution in [3.63, 3.8) is 0 Å². The molecule has 2 atom stereocenters. The molecule has 0 aromatic heterocycles. The third-order valence-corrected chi connectivity index (χ3v) is 3.32. The molecule has 0 fully saturated rings. The van der Waals surface area contributed by atoms with Crippen molar-refractivity contribution in [2.24, 2.45) is 11.8 Å². The summed E-state index contributed by atoms with van der Waals surface area (Å²) in [7, 11) is 4.27. The van der Waals surface area contributed by atoms with E-state index in [1.54, 1.807) is 0 Å². The second kappa shape index (κ2) is 6.41. The van der Waals surface area contributed by atoms with Crippen LogP contribution in [0.2, 0.25) is 0 Å². The summed E-state index contributed by atoms with van der Waals surface area (Å²) in [5.74, 6) is 1.42. The fourth-order valence-corrected chi connectivity index (χ4v) is 1.62. The normalized spacial score (nSPS) is 16.7. The SMILES string of the molecule is CNC(CN(C)C(C)C(C)C)C(C)C. The van der Waals surface area contributed by atoms with E-state index in [1.165, 1.54) is 0 Å². The predicted octanol–water partition coefficient (Wildman–Crippen LogP) is 2.21. The van der Waals surface area contributed by atoms with Gasteiger partial charge in [0.05, 0.1) is 0 Å². The van der Waals surface area contributed by atoms with Gasteiger partial charge in [0, 0.05) is 18.6 Å². The van der Waals surface area contributed by atoms with Crippen LogP contribution >= 0.6 is 0 Å². The molecule has 0 aromatic rings. The van der Waals surface area contributed by atoms with Gasteiger partial charge in [0.25, 0.3) is 0 Å². The molecule has 0 amide bonds. The predicted molar refractivity (Wildman–Crippen MR) is 64.6 cm³/mol. The van der Waals surface area contributed by atoms with E-state index in [4.69, 9.17) is 0 Å². The largest absolute Gasteiger partial charge is 0.315 e. The van der Waals surface area contributed by atoms with Gasteiger partial charge in [-0.3, -0.25) is 0 Å². The molecule has 0 rings (SSSR count). The number of nitrogens with one attached hydrogen (secondary N) is 1. The molecular formula is C12H28N2. The van der Waals surface area contributed by atoms with E-state index in [9.17, 15) is 0 Å². The Balaban J connectivity index is 4.08. The molecule has 0 aliphatic carbocycles. The van der Waals surface area contributed by atoms with E-state index < -0.39 is 0 Å². The summed E-state index contributed by atoms with van der Waals surface area (Å²) < 4.78 is 0. The van der Waals surface area contributed by atoms with Crippen molar-refractivity contribution in [2.45, 2.75) is 46.7 Å². The molecule has 0 aliphatic rings. The highest BCUT2D eigenvalue weighted by atomic mass is 15.1. The van der Waals surface area contributed by atoms with Crippen LogP contribution in [0.1, 0.15) is 34.6 Å². The summed E-state index contributed by atoms with van der Waals surface area (Å²) >= 11 is 0. The zero-order valence-electron chi connectivity index (χ0n) is 11.0. The molecule has 14 heavy (non-hydrogen) atoms. The van der Waals surface area contributed by atoms with E-state index in [-0.39, 0.29) is 0 Å². The Bertz CT molecular complexity index is 143. The number of rotatable bonds is 6. The first kappa shape index (κ1) is 13.9. The molecule has 0 bridgehead atoms. The van der Waals surface area contributed by atoms with Crippen molar-refractivity contribution >= 4 is 0 Å². The van der Waals surface area contributed by atoms with Crippen molar-refractivity contribution < 1.29 is 0 Å². The molecule has 0 saturated heterocycles. The van der Waals surface area contributed by atoms with E-state index >= 15 is 0 Å². The lowest BCUT2D eigenvalue weighted by Gasteiger charge is -2.32. The highest BCUT2D eigenvalue weighted by molar-refractivity contribution is 4.76. The van der Waals surface area contributed by atoms with E-state index in [0.717, 1.165) is 12.5 Å². The fraction of sp³-hybridized carbons (Fsp3) is 1.00.